The number of methoxy groups -OCH3 is 2. The maximum atomic E-state index is 10.9. The van der Waals surface area contributed by atoms with Crippen molar-refractivity contribution in [3.63, 3.8) is 0 Å². The van der Waals surface area contributed by atoms with Crippen molar-refractivity contribution in [2.75, 3.05) is 20.1 Å². The summed E-state index contributed by atoms with van der Waals surface area (Å²) in [6.45, 7) is 0. The third-order valence-electron chi connectivity index (χ3n) is 1.98. The van der Waals surface area contributed by atoms with Gasteiger partial charge in [0.2, 0.25) is 0 Å². The van der Waals surface area contributed by atoms with Crippen LogP contribution in [0.5, 0.6) is 11.5 Å². The van der Waals surface area contributed by atoms with E-state index in [1.807, 2.05) is 0 Å². The number of amides is 1. The fourth-order valence-electron chi connectivity index (χ4n) is 1.22. The number of hydrogen-bond acceptors (Lipinski definition) is 4. The van der Waals surface area contributed by atoms with E-state index in [0.717, 1.165) is 10.0 Å². The predicted molar refractivity (Wildman–Crippen MR) is 73.7 cm³/mol. The number of rotatable bonds is 5. The standard InChI is InChI=1S/C11H12BrClN2O3/c1-17-9-4-7(3-8(12)11(9)18-2)6-14-15-10(16)5-13/h3-4,6H,5H2,1-2H3,(H,15,16)/b14-6-. The number of alkyl halides is 1. The van der Waals surface area contributed by atoms with E-state index < -0.39 is 0 Å². The lowest BCUT2D eigenvalue weighted by Gasteiger charge is -2.10. The highest BCUT2D eigenvalue weighted by Crippen LogP contribution is 2.35. The van der Waals surface area contributed by atoms with Gasteiger partial charge < -0.3 is 9.47 Å². The highest BCUT2D eigenvalue weighted by molar-refractivity contribution is 9.10. The van der Waals surface area contributed by atoms with Gasteiger partial charge in [-0.2, -0.15) is 5.10 Å². The molecule has 1 N–H and O–H groups in total. The van der Waals surface area contributed by atoms with Crippen molar-refractivity contribution in [2.24, 2.45) is 5.10 Å². The summed E-state index contributed by atoms with van der Waals surface area (Å²) < 4.78 is 11.1. The van der Waals surface area contributed by atoms with Crippen molar-refractivity contribution in [2.45, 2.75) is 0 Å². The Morgan fingerprint density at radius 3 is 2.78 bits per heavy atom. The Morgan fingerprint density at radius 1 is 1.50 bits per heavy atom. The summed E-state index contributed by atoms with van der Waals surface area (Å²) in [7, 11) is 3.09. The number of hydrazone groups is 1. The van der Waals surface area contributed by atoms with Crippen molar-refractivity contribution in [3.8, 4) is 11.5 Å². The largest absolute Gasteiger partial charge is 0.493 e. The molecule has 1 rings (SSSR count). The van der Waals surface area contributed by atoms with E-state index in [1.165, 1.54) is 6.21 Å². The van der Waals surface area contributed by atoms with E-state index in [4.69, 9.17) is 21.1 Å². The van der Waals surface area contributed by atoms with Crippen LogP contribution in [0.1, 0.15) is 5.56 Å². The average molecular weight is 336 g/mol. The molecule has 0 aromatic heterocycles. The first-order valence-electron chi connectivity index (χ1n) is 4.91. The molecule has 0 spiro atoms. The first-order chi connectivity index (χ1) is 8.62. The van der Waals surface area contributed by atoms with E-state index in [9.17, 15) is 4.79 Å². The third-order valence-corrected chi connectivity index (χ3v) is 2.81. The topological polar surface area (TPSA) is 59.9 Å². The number of halogens is 2. The predicted octanol–water partition coefficient (Wildman–Crippen LogP) is 2.16. The number of ether oxygens (including phenoxy) is 2. The minimum absolute atomic E-state index is 0.132. The van der Waals surface area contributed by atoms with E-state index in [2.05, 4.69) is 26.5 Å². The Bertz CT molecular complexity index is 466. The zero-order valence-corrected chi connectivity index (χ0v) is 12.2. The highest BCUT2D eigenvalue weighted by Gasteiger charge is 2.09. The molecular weight excluding hydrogens is 323 g/mol. The third kappa shape index (κ3) is 3.89. The van der Waals surface area contributed by atoms with Crippen molar-refractivity contribution in [1.29, 1.82) is 0 Å². The van der Waals surface area contributed by atoms with Crippen LogP contribution in [0, 0.1) is 0 Å². The number of nitrogens with zero attached hydrogens (tertiary/aromatic N) is 1. The van der Waals surface area contributed by atoms with Crippen LogP contribution in [0.15, 0.2) is 21.7 Å². The average Bonchev–Trinajstić information content (AvgIpc) is 2.37. The van der Waals surface area contributed by atoms with Crippen LogP contribution in [-0.2, 0) is 4.79 Å². The maximum absolute atomic E-state index is 10.9. The van der Waals surface area contributed by atoms with Crippen LogP contribution in [0.2, 0.25) is 0 Å². The molecule has 5 nitrogen and oxygen atoms in total. The van der Waals surface area contributed by atoms with E-state index in [0.29, 0.717) is 11.5 Å². The minimum Gasteiger partial charge on any atom is -0.493 e. The number of carbonyl (C=O) groups is 1. The monoisotopic (exact) mass is 334 g/mol. The molecule has 0 radical (unpaired) electrons. The van der Waals surface area contributed by atoms with Gasteiger partial charge in [0.05, 0.1) is 24.9 Å². The molecule has 1 amide bonds. The zero-order valence-electron chi connectivity index (χ0n) is 9.87. The molecule has 18 heavy (non-hydrogen) atoms. The molecule has 0 atom stereocenters. The highest BCUT2D eigenvalue weighted by atomic mass is 79.9. The smallest absolute Gasteiger partial charge is 0.254 e. The second-order valence-corrected chi connectivity index (χ2v) is 4.29. The molecule has 0 aliphatic heterocycles. The van der Waals surface area contributed by atoms with Gasteiger partial charge in [0.15, 0.2) is 11.5 Å². The minimum atomic E-state index is -0.368. The van der Waals surface area contributed by atoms with Crippen LogP contribution < -0.4 is 14.9 Å². The summed E-state index contributed by atoms with van der Waals surface area (Å²) in [5.41, 5.74) is 3.02. The molecule has 0 unspecified atom stereocenters. The molecule has 0 aliphatic rings. The van der Waals surface area contributed by atoms with Gasteiger partial charge in [-0.1, -0.05) is 0 Å². The van der Waals surface area contributed by atoms with Gasteiger partial charge in [0.1, 0.15) is 5.88 Å². The van der Waals surface area contributed by atoms with Crippen LogP contribution >= 0.6 is 27.5 Å². The molecule has 0 aliphatic carbocycles. The summed E-state index contributed by atoms with van der Waals surface area (Å²) in [6.07, 6.45) is 1.48. The molecule has 1 aromatic rings. The number of carbonyl (C=O) groups excluding carboxylic acids is 1. The van der Waals surface area contributed by atoms with E-state index in [1.54, 1.807) is 26.4 Å². The normalized spacial score (nSPS) is 10.4. The lowest BCUT2D eigenvalue weighted by Crippen LogP contribution is -2.18. The van der Waals surface area contributed by atoms with Gasteiger partial charge in [-0.15, -0.1) is 11.6 Å². The lowest BCUT2D eigenvalue weighted by molar-refractivity contribution is -0.118. The van der Waals surface area contributed by atoms with Crippen molar-refractivity contribution >= 4 is 39.7 Å². The Balaban J connectivity index is 2.91. The second-order valence-electron chi connectivity index (χ2n) is 3.17. The number of nitrogens with one attached hydrogen (secondary N) is 1. The zero-order chi connectivity index (χ0) is 13.5. The molecular formula is C11H12BrClN2O3. The quantitative estimate of drug-likeness (QED) is 0.509. The van der Waals surface area contributed by atoms with Gasteiger partial charge in [0.25, 0.3) is 5.91 Å². The molecule has 0 saturated heterocycles. The van der Waals surface area contributed by atoms with Crippen molar-refractivity contribution in [3.05, 3.63) is 22.2 Å². The van der Waals surface area contributed by atoms with Crippen LogP contribution in [-0.4, -0.2) is 32.2 Å². The Morgan fingerprint density at radius 2 is 2.22 bits per heavy atom. The van der Waals surface area contributed by atoms with Gasteiger partial charge in [-0.3, -0.25) is 4.79 Å². The van der Waals surface area contributed by atoms with Crippen LogP contribution in [0.25, 0.3) is 0 Å². The fraction of sp³-hybridized carbons (Fsp3) is 0.273. The Hall–Kier alpha value is -1.27. The first-order valence-corrected chi connectivity index (χ1v) is 6.24. The molecule has 1 aromatic carbocycles. The first kappa shape index (κ1) is 14.8. The molecule has 0 heterocycles. The summed E-state index contributed by atoms with van der Waals surface area (Å²) in [4.78, 5) is 10.9. The summed E-state index contributed by atoms with van der Waals surface area (Å²) in [5, 5.41) is 3.76. The molecule has 98 valence electrons. The summed E-state index contributed by atoms with van der Waals surface area (Å²) >= 11 is 8.67. The Labute approximate surface area is 118 Å². The molecule has 0 saturated carbocycles. The van der Waals surface area contributed by atoms with Gasteiger partial charge in [0, 0.05) is 0 Å². The number of hydrogen-bond donors (Lipinski definition) is 1. The molecule has 0 bridgehead atoms. The van der Waals surface area contributed by atoms with Crippen molar-refractivity contribution < 1.29 is 14.3 Å². The molecule has 7 heteroatoms. The fourth-order valence-corrected chi connectivity index (χ4v) is 1.90. The van der Waals surface area contributed by atoms with Crippen molar-refractivity contribution in [1.82, 2.24) is 5.43 Å². The lowest BCUT2D eigenvalue weighted by atomic mass is 10.2. The van der Waals surface area contributed by atoms with Gasteiger partial charge in [-0.25, -0.2) is 5.43 Å². The number of benzene rings is 1. The SMILES string of the molecule is COc1cc(/C=N\NC(=O)CCl)cc(Br)c1OC. The summed E-state index contributed by atoms with van der Waals surface area (Å²) in [5.74, 6) is 0.663. The van der Waals surface area contributed by atoms with Crippen LogP contribution in [0.3, 0.4) is 0 Å². The van der Waals surface area contributed by atoms with E-state index in [-0.39, 0.29) is 11.8 Å². The van der Waals surface area contributed by atoms with E-state index >= 15 is 0 Å². The Kier molecular flexibility index (Phi) is 5.94. The van der Waals surface area contributed by atoms with Gasteiger partial charge >= 0.3 is 0 Å². The second kappa shape index (κ2) is 7.23. The molecule has 0 fully saturated rings. The van der Waals surface area contributed by atoms with Gasteiger partial charge in [-0.05, 0) is 33.6 Å². The summed E-state index contributed by atoms with van der Waals surface area (Å²) in [6, 6.07) is 3.53. The van der Waals surface area contributed by atoms with Crippen LogP contribution in [0.4, 0.5) is 0 Å². The maximum Gasteiger partial charge on any atom is 0.254 e.